The molecular formula is C11H16N4. The van der Waals surface area contributed by atoms with Crippen molar-refractivity contribution in [1.82, 2.24) is 20.2 Å². The van der Waals surface area contributed by atoms with Crippen molar-refractivity contribution in [2.45, 2.75) is 39.5 Å². The van der Waals surface area contributed by atoms with Gasteiger partial charge in [-0.1, -0.05) is 27.7 Å². The van der Waals surface area contributed by atoms with E-state index in [1.807, 2.05) is 0 Å². The summed E-state index contributed by atoms with van der Waals surface area (Å²) in [5.41, 5.74) is 2.94. The van der Waals surface area contributed by atoms with Crippen molar-refractivity contribution in [1.29, 1.82) is 0 Å². The maximum absolute atomic E-state index is 4.59. The summed E-state index contributed by atoms with van der Waals surface area (Å²) in [6.45, 7) is 8.47. The second kappa shape index (κ2) is 3.61. The van der Waals surface area contributed by atoms with E-state index >= 15 is 0 Å². The molecule has 0 amide bonds. The molecule has 2 aromatic rings. The summed E-state index contributed by atoms with van der Waals surface area (Å²) in [6.07, 6.45) is 1.76. The SMILES string of the molecule is CC(C)c1nc(C(C)C)c2[nH]ncc2n1. The zero-order chi connectivity index (χ0) is 11.0. The van der Waals surface area contributed by atoms with Crippen LogP contribution in [0.4, 0.5) is 0 Å². The highest BCUT2D eigenvalue weighted by Crippen LogP contribution is 2.22. The largest absolute Gasteiger partial charge is 0.274 e. The molecule has 0 aliphatic carbocycles. The number of H-pyrrole nitrogens is 1. The number of hydrogen-bond acceptors (Lipinski definition) is 3. The summed E-state index contributed by atoms with van der Waals surface area (Å²) in [5, 5.41) is 6.98. The third-order valence-corrected chi connectivity index (χ3v) is 2.41. The molecule has 0 fully saturated rings. The van der Waals surface area contributed by atoms with E-state index in [0.29, 0.717) is 11.8 Å². The Labute approximate surface area is 89.1 Å². The van der Waals surface area contributed by atoms with Gasteiger partial charge in [0.2, 0.25) is 0 Å². The van der Waals surface area contributed by atoms with E-state index in [4.69, 9.17) is 0 Å². The van der Waals surface area contributed by atoms with Gasteiger partial charge in [0.25, 0.3) is 0 Å². The van der Waals surface area contributed by atoms with Crippen LogP contribution in [0.2, 0.25) is 0 Å². The van der Waals surface area contributed by atoms with Gasteiger partial charge in [0, 0.05) is 5.92 Å². The van der Waals surface area contributed by atoms with Crippen molar-refractivity contribution < 1.29 is 0 Å². The molecule has 0 aromatic carbocycles. The van der Waals surface area contributed by atoms with Crippen LogP contribution in [0.25, 0.3) is 11.0 Å². The van der Waals surface area contributed by atoms with Crippen LogP contribution in [0.15, 0.2) is 6.20 Å². The number of hydrogen-bond donors (Lipinski definition) is 1. The molecule has 0 atom stereocenters. The van der Waals surface area contributed by atoms with Crippen LogP contribution in [0.5, 0.6) is 0 Å². The molecule has 4 heteroatoms. The highest BCUT2D eigenvalue weighted by atomic mass is 15.1. The first-order chi connectivity index (χ1) is 7.09. The predicted octanol–water partition coefficient (Wildman–Crippen LogP) is 2.60. The van der Waals surface area contributed by atoms with Crippen LogP contribution in [-0.4, -0.2) is 20.2 Å². The van der Waals surface area contributed by atoms with Crippen LogP contribution >= 0.6 is 0 Å². The standard InChI is InChI=1S/C11H16N4/c1-6(2)9-10-8(5-12-15-10)13-11(14-9)7(3)4/h5-7H,1-4H3,(H,12,15). The van der Waals surface area contributed by atoms with Crippen LogP contribution in [0, 0.1) is 0 Å². The van der Waals surface area contributed by atoms with E-state index in [1.165, 1.54) is 0 Å². The van der Waals surface area contributed by atoms with Crippen LogP contribution in [-0.2, 0) is 0 Å². The van der Waals surface area contributed by atoms with Gasteiger partial charge in [-0.3, -0.25) is 5.10 Å². The minimum Gasteiger partial charge on any atom is -0.274 e. The van der Waals surface area contributed by atoms with Gasteiger partial charge in [0.1, 0.15) is 16.9 Å². The van der Waals surface area contributed by atoms with Crippen LogP contribution < -0.4 is 0 Å². The van der Waals surface area contributed by atoms with Gasteiger partial charge in [-0.25, -0.2) is 9.97 Å². The number of nitrogens with one attached hydrogen (secondary N) is 1. The van der Waals surface area contributed by atoms with Crippen LogP contribution in [0.3, 0.4) is 0 Å². The van der Waals surface area contributed by atoms with Gasteiger partial charge in [-0.15, -0.1) is 0 Å². The average molecular weight is 204 g/mol. The summed E-state index contributed by atoms with van der Waals surface area (Å²) in [6, 6.07) is 0. The van der Waals surface area contributed by atoms with E-state index in [1.54, 1.807) is 6.20 Å². The van der Waals surface area contributed by atoms with Gasteiger partial charge < -0.3 is 0 Å². The number of rotatable bonds is 2. The van der Waals surface area contributed by atoms with Crippen molar-refractivity contribution in [3.05, 3.63) is 17.7 Å². The number of fused-ring (bicyclic) bond motifs is 1. The lowest BCUT2D eigenvalue weighted by Crippen LogP contribution is -2.03. The number of aromatic nitrogens is 4. The molecule has 0 bridgehead atoms. The van der Waals surface area contributed by atoms with Crippen molar-refractivity contribution in [3.63, 3.8) is 0 Å². The molecule has 80 valence electrons. The molecule has 15 heavy (non-hydrogen) atoms. The lowest BCUT2D eigenvalue weighted by Gasteiger charge is -2.09. The zero-order valence-corrected chi connectivity index (χ0v) is 9.57. The summed E-state index contributed by atoms with van der Waals surface area (Å²) < 4.78 is 0. The summed E-state index contributed by atoms with van der Waals surface area (Å²) in [5.74, 6) is 1.63. The second-order valence-corrected chi connectivity index (χ2v) is 4.41. The second-order valence-electron chi connectivity index (χ2n) is 4.41. The van der Waals surface area contributed by atoms with Crippen LogP contribution in [0.1, 0.15) is 51.0 Å². The lowest BCUT2D eigenvalue weighted by molar-refractivity contribution is 0.741. The van der Waals surface area contributed by atoms with E-state index in [9.17, 15) is 0 Å². The predicted molar refractivity (Wildman–Crippen MR) is 59.9 cm³/mol. The maximum Gasteiger partial charge on any atom is 0.132 e. The van der Waals surface area contributed by atoms with Crippen molar-refractivity contribution in [2.75, 3.05) is 0 Å². The minimum atomic E-state index is 0.349. The fraction of sp³-hybridized carbons (Fsp3) is 0.545. The van der Waals surface area contributed by atoms with Crippen molar-refractivity contribution >= 4 is 11.0 Å². The highest BCUT2D eigenvalue weighted by Gasteiger charge is 2.13. The van der Waals surface area contributed by atoms with Crippen molar-refractivity contribution in [2.24, 2.45) is 0 Å². The third kappa shape index (κ3) is 1.71. The Morgan fingerprint density at radius 3 is 2.40 bits per heavy atom. The molecule has 2 heterocycles. The molecule has 0 saturated carbocycles. The van der Waals surface area contributed by atoms with Gasteiger partial charge >= 0.3 is 0 Å². The first-order valence-corrected chi connectivity index (χ1v) is 5.30. The van der Waals surface area contributed by atoms with Crippen molar-refractivity contribution in [3.8, 4) is 0 Å². The Morgan fingerprint density at radius 1 is 1.07 bits per heavy atom. The molecule has 4 nitrogen and oxygen atoms in total. The fourth-order valence-electron chi connectivity index (χ4n) is 1.56. The van der Waals surface area contributed by atoms with Gasteiger partial charge in [-0.05, 0) is 5.92 Å². The maximum atomic E-state index is 4.59. The molecule has 0 unspecified atom stereocenters. The Morgan fingerprint density at radius 2 is 1.80 bits per heavy atom. The molecule has 0 aliphatic heterocycles. The first kappa shape index (κ1) is 10.1. The lowest BCUT2D eigenvalue weighted by atomic mass is 10.1. The molecular weight excluding hydrogens is 188 g/mol. The third-order valence-electron chi connectivity index (χ3n) is 2.41. The van der Waals surface area contributed by atoms with E-state index in [2.05, 4.69) is 47.9 Å². The van der Waals surface area contributed by atoms with Gasteiger partial charge in [0.15, 0.2) is 0 Å². The summed E-state index contributed by atoms with van der Waals surface area (Å²) >= 11 is 0. The molecule has 1 N–H and O–H groups in total. The fourth-order valence-corrected chi connectivity index (χ4v) is 1.56. The summed E-state index contributed by atoms with van der Waals surface area (Å²) in [7, 11) is 0. The molecule has 2 aromatic heterocycles. The van der Waals surface area contributed by atoms with Gasteiger partial charge in [-0.2, -0.15) is 5.10 Å². The summed E-state index contributed by atoms with van der Waals surface area (Å²) in [4.78, 5) is 9.06. The van der Waals surface area contributed by atoms with E-state index in [-0.39, 0.29) is 0 Å². The zero-order valence-electron chi connectivity index (χ0n) is 9.57. The molecule has 0 saturated heterocycles. The Hall–Kier alpha value is -1.45. The Balaban J connectivity index is 2.69. The monoisotopic (exact) mass is 204 g/mol. The highest BCUT2D eigenvalue weighted by molar-refractivity contribution is 5.76. The molecule has 2 rings (SSSR count). The quantitative estimate of drug-likeness (QED) is 0.818. The molecule has 0 aliphatic rings. The van der Waals surface area contributed by atoms with E-state index in [0.717, 1.165) is 22.6 Å². The Bertz CT molecular complexity index is 470. The molecule has 0 spiro atoms. The normalized spacial score (nSPS) is 11.9. The Kier molecular flexibility index (Phi) is 2.42. The topological polar surface area (TPSA) is 54.5 Å². The van der Waals surface area contributed by atoms with Gasteiger partial charge in [0.05, 0.1) is 11.9 Å². The first-order valence-electron chi connectivity index (χ1n) is 5.30. The smallest absolute Gasteiger partial charge is 0.132 e. The average Bonchev–Trinajstić information content (AvgIpc) is 2.62. The number of aromatic amines is 1. The molecule has 0 radical (unpaired) electrons. The minimum absolute atomic E-state index is 0.349. The van der Waals surface area contributed by atoms with E-state index < -0.39 is 0 Å². The number of nitrogens with zero attached hydrogens (tertiary/aromatic N) is 3.